The highest BCUT2D eigenvalue weighted by Gasteiger charge is 2.07. The summed E-state index contributed by atoms with van der Waals surface area (Å²) in [6.07, 6.45) is 0.693. The Hall–Kier alpha value is -0.860. The first-order chi connectivity index (χ1) is 8.49. The second-order valence-corrected chi connectivity index (χ2v) is 5.91. The minimum absolute atomic E-state index is 0.406. The van der Waals surface area contributed by atoms with Gasteiger partial charge in [-0.15, -0.1) is 0 Å². The molecular weight excluding hydrogens is 222 g/mol. The molecule has 2 heteroatoms. The number of rotatable bonds is 7. The van der Waals surface area contributed by atoms with Crippen molar-refractivity contribution in [1.82, 2.24) is 5.32 Å². The molecule has 0 heterocycles. The van der Waals surface area contributed by atoms with E-state index in [2.05, 4.69) is 45.1 Å². The molecule has 1 atom stereocenters. The van der Waals surface area contributed by atoms with Gasteiger partial charge in [0.25, 0.3) is 0 Å². The molecule has 0 saturated heterocycles. The summed E-state index contributed by atoms with van der Waals surface area (Å²) in [4.78, 5) is 0. The summed E-state index contributed by atoms with van der Waals surface area (Å²) in [5, 5.41) is 13.3. The Labute approximate surface area is 111 Å². The van der Waals surface area contributed by atoms with Crippen molar-refractivity contribution in [3.63, 3.8) is 0 Å². The summed E-state index contributed by atoms with van der Waals surface area (Å²) in [6.45, 7) is 10.3. The summed E-state index contributed by atoms with van der Waals surface area (Å²) in [5.41, 5.74) is 2.34. The Morgan fingerprint density at radius 3 is 2.06 bits per heavy atom. The average Bonchev–Trinajstić information content (AvgIpc) is 2.28. The van der Waals surface area contributed by atoms with Crippen LogP contribution in [0.2, 0.25) is 0 Å². The van der Waals surface area contributed by atoms with Crippen LogP contribution in [0.4, 0.5) is 0 Å². The minimum Gasteiger partial charge on any atom is -0.387 e. The SMILES string of the molecule is CC(C)CNCC(O)c1ccc(CC(C)C)cc1. The molecule has 0 aliphatic carbocycles. The van der Waals surface area contributed by atoms with Gasteiger partial charge < -0.3 is 10.4 Å². The number of aliphatic hydroxyl groups is 1. The molecule has 0 aliphatic heterocycles. The van der Waals surface area contributed by atoms with Gasteiger partial charge >= 0.3 is 0 Å². The van der Waals surface area contributed by atoms with Crippen molar-refractivity contribution in [1.29, 1.82) is 0 Å². The van der Waals surface area contributed by atoms with Crippen molar-refractivity contribution in [2.24, 2.45) is 11.8 Å². The van der Waals surface area contributed by atoms with Gasteiger partial charge in [-0.25, -0.2) is 0 Å². The van der Waals surface area contributed by atoms with Gasteiger partial charge in [-0.1, -0.05) is 52.0 Å². The molecule has 0 aromatic heterocycles. The van der Waals surface area contributed by atoms with E-state index < -0.39 is 6.10 Å². The van der Waals surface area contributed by atoms with E-state index in [0.717, 1.165) is 18.5 Å². The number of aliphatic hydroxyl groups excluding tert-OH is 1. The zero-order valence-corrected chi connectivity index (χ0v) is 12.1. The van der Waals surface area contributed by atoms with Gasteiger partial charge in [0.1, 0.15) is 0 Å². The van der Waals surface area contributed by atoms with Gasteiger partial charge in [-0.3, -0.25) is 0 Å². The quantitative estimate of drug-likeness (QED) is 0.778. The molecule has 1 unspecified atom stereocenters. The zero-order chi connectivity index (χ0) is 13.5. The van der Waals surface area contributed by atoms with Crippen molar-refractivity contribution in [2.75, 3.05) is 13.1 Å². The molecule has 0 amide bonds. The van der Waals surface area contributed by atoms with Gasteiger partial charge in [0.15, 0.2) is 0 Å². The maximum Gasteiger partial charge on any atom is 0.0914 e. The van der Waals surface area contributed by atoms with Crippen LogP contribution in [-0.2, 0) is 6.42 Å². The number of hydrogen-bond acceptors (Lipinski definition) is 2. The van der Waals surface area contributed by atoms with Crippen LogP contribution < -0.4 is 5.32 Å². The van der Waals surface area contributed by atoms with E-state index in [0.29, 0.717) is 18.4 Å². The number of hydrogen-bond donors (Lipinski definition) is 2. The van der Waals surface area contributed by atoms with Gasteiger partial charge in [-0.05, 0) is 35.9 Å². The van der Waals surface area contributed by atoms with Crippen LogP contribution in [0.5, 0.6) is 0 Å². The van der Waals surface area contributed by atoms with Crippen LogP contribution in [0.3, 0.4) is 0 Å². The monoisotopic (exact) mass is 249 g/mol. The summed E-state index contributed by atoms with van der Waals surface area (Å²) in [6, 6.07) is 8.33. The van der Waals surface area contributed by atoms with Crippen molar-refractivity contribution in [3.05, 3.63) is 35.4 Å². The molecule has 0 aliphatic rings. The molecule has 2 nitrogen and oxygen atoms in total. The Balaban J connectivity index is 2.46. The first-order valence-electron chi connectivity index (χ1n) is 6.96. The Kier molecular flexibility index (Phi) is 6.37. The molecule has 0 saturated carbocycles. The molecule has 2 N–H and O–H groups in total. The number of benzene rings is 1. The zero-order valence-electron chi connectivity index (χ0n) is 12.1. The van der Waals surface area contributed by atoms with Crippen LogP contribution in [-0.4, -0.2) is 18.2 Å². The lowest BCUT2D eigenvalue weighted by Gasteiger charge is -2.14. The third-order valence-corrected chi connectivity index (χ3v) is 2.90. The Bertz CT molecular complexity index is 329. The second kappa shape index (κ2) is 7.55. The van der Waals surface area contributed by atoms with Gasteiger partial charge in [0.05, 0.1) is 6.10 Å². The van der Waals surface area contributed by atoms with Gasteiger partial charge in [0, 0.05) is 6.54 Å². The normalized spacial score (nSPS) is 13.3. The number of nitrogens with one attached hydrogen (secondary N) is 1. The fourth-order valence-electron chi connectivity index (χ4n) is 1.97. The predicted molar refractivity (Wildman–Crippen MR) is 77.7 cm³/mol. The molecule has 1 aromatic rings. The van der Waals surface area contributed by atoms with Crippen LogP contribution in [0.1, 0.15) is 44.9 Å². The lowest BCUT2D eigenvalue weighted by atomic mass is 10.0. The second-order valence-electron chi connectivity index (χ2n) is 5.91. The van der Waals surface area contributed by atoms with Crippen molar-refractivity contribution < 1.29 is 5.11 Å². The highest BCUT2D eigenvalue weighted by Crippen LogP contribution is 2.15. The average molecular weight is 249 g/mol. The summed E-state index contributed by atoms with van der Waals surface area (Å²) >= 11 is 0. The standard InChI is InChI=1S/C16H27NO/c1-12(2)9-14-5-7-15(8-6-14)16(18)11-17-10-13(3)4/h5-8,12-13,16-18H,9-11H2,1-4H3. The molecule has 0 fully saturated rings. The fourth-order valence-corrected chi connectivity index (χ4v) is 1.97. The van der Waals surface area contributed by atoms with E-state index in [1.54, 1.807) is 0 Å². The van der Waals surface area contributed by atoms with E-state index in [-0.39, 0.29) is 0 Å². The van der Waals surface area contributed by atoms with E-state index in [1.807, 2.05) is 12.1 Å². The Morgan fingerprint density at radius 2 is 1.56 bits per heavy atom. The minimum atomic E-state index is -0.406. The topological polar surface area (TPSA) is 32.3 Å². The molecule has 18 heavy (non-hydrogen) atoms. The van der Waals surface area contributed by atoms with E-state index in [9.17, 15) is 5.11 Å². The first-order valence-corrected chi connectivity index (χ1v) is 6.96. The molecule has 1 aromatic carbocycles. The molecule has 1 rings (SSSR count). The highest BCUT2D eigenvalue weighted by molar-refractivity contribution is 5.24. The smallest absolute Gasteiger partial charge is 0.0914 e. The Morgan fingerprint density at radius 1 is 0.944 bits per heavy atom. The van der Waals surface area contributed by atoms with Crippen molar-refractivity contribution in [2.45, 2.75) is 40.2 Å². The lowest BCUT2D eigenvalue weighted by Crippen LogP contribution is -2.25. The van der Waals surface area contributed by atoms with E-state index in [4.69, 9.17) is 0 Å². The summed E-state index contributed by atoms with van der Waals surface area (Å²) < 4.78 is 0. The third-order valence-electron chi connectivity index (χ3n) is 2.90. The van der Waals surface area contributed by atoms with E-state index in [1.165, 1.54) is 5.56 Å². The molecule has 0 spiro atoms. The lowest BCUT2D eigenvalue weighted by molar-refractivity contribution is 0.173. The molecule has 0 radical (unpaired) electrons. The largest absolute Gasteiger partial charge is 0.387 e. The molecule has 102 valence electrons. The highest BCUT2D eigenvalue weighted by atomic mass is 16.3. The fraction of sp³-hybridized carbons (Fsp3) is 0.625. The van der Waals surface area contributed by atoms with Gasteiger partial charge in [-0.2, -0.15) is 0 Å². The van der Waals surface area contributed by atoms with Crippen LogP contribution >= 0.6 is 0 Å². The third kappa shape index (κ3) is 5.65. The van der Waals surface area contributed by atoms with Crippen molar-refractivity contribution >= 4 is 0 Å². The first kappa shape index (κ1) is 15.2. The molecular formula is C16H27NO. The molecule has 0 bridgehead atoms. The maximum atomic E-state index is 10.0. The predicted octanol–water partition coefficient (Wildman–Crippen LogP) is 3.16. The van der Waals surface area contributed by atoms with Crippen LogP contribution in [0.15, 0.2) is 24.3 Å². The van der Waals surface area contributed by atoms with Crippen molar-refractivity contribution in [3.8, 4) is 0 Å². The van der Waals surface area contributed by atoms with Crippen LogP contribution in [0, 0.1) is 11.8 Å². The van der Waals surface area contributed by atoms with E-state index >= 15 is 0 Å². The summed E-state index contributed by atoms with van der Waals surface area (Å²) in [5.74, 6) is 1.29. The van der Waals surface area contributed by atoms with Crippen LogP contribution in [0.25, 0.3) is 0 Å². The summed E-state index contributed by atoms with van der Waals surface area (Å²) in [7, 11) is 0. The van der Waals surface area contributed by atoms with Gasteiger partial charge in [0.2, 0.25) is 0 Å². The maximum absolute atomic E-state index is 10.0.